The number of nitrogens with one attached hydrogen (secondary N) is 1. The lowest BCUT2D eigenvalue weighted by Gasteiger charge is -2.04. The van der Waals surface area contributed by atoms with E-state index >= 15 is 0 Å². The van der Waals surface area contributed by atoms with Gasteiger partial charge in [0.05, 0.1) is 17.9 Å². The van der Waals surface area contributed by atoms with Gasteiger partial charge in [-0.05, 0) is 13.8 Å². The molecule has 1 heterocycles. The van der Waals surface area contributed by atoms with Crippen LogP contribution in [0.1, 0.15) is 23.4 Å². The SMILES string of the molecule is Cc1noc(C)c1CNS(=O)(=O)CCC(=O)O. The number of aromatic nitrogens is 1. The molecule has 0 aliphatic rings. The van der Waals surface area contributed by atoms with Gasteiger partial charge >= 0.3 is 5.97 Å². The van der Waals surface area contributed by atoms with Gasteiger partial charge in [-0.3, -0.25) is 4.79 Å². The van der Waals surface area contributed by atoms with Gasteiger partial charge < -0.3 is 9.63 Å². The fraction of sp³-hybridized carbons (Fsp3) is 0.556. The fourth-order valence-electron chi connectivity index (χ4n) is 1.23. The molecule has 0 amide bonds. The summed E-state index contributed by atoms with van der Waals surface area (Å²) in [5.41, 5.74) is 1.28. The van der Waals surface area contributed by atoms with Gasteiger partial charge in [0.2, 0.25) is 10.0 Å². The maximum absolute atomic E-state index is 11.4. The number of aliphatic carboxylic acids is 1. The summed E-state index contributed by atoms with van der Waals surface area (Å²) in [7, 11) is -3.59. The minimum absolute atomic E-state index is 0.0586. The van der Waals surface area contributed by atoms with Crippen molar-refractivity contribution in [3.8, 4) is 0 Å². The normalized spacial score (nSPS) is 11.6. The second kappa shape index (κ2) is 5.28. The number of carboxylic acid groups (broad SMARTS) is 1. The number of aryl methyl sites for hydroxylation is 2. The Kier molecular flexibility index (Phi) is 4.24. The Morgan fingerprint density at radius 1 is 1.47 bits per heavy atom. The minimum Gasteiger partial charge on any atom is -0.481 e. The topological polar surface area (TPSA) is 110 Å². The van der Waals surface area contributed by atoms with Crippen molar-refractivity contribution in [2.75, 3.05) is 5.75 Å². The first-order valence-corrected chi connectivity index (χ1v) is 6.58. The van der Waals surface area contributed by atoms with E-state index in [0.717, 1.165) is 0 Å². The summed E-state index contributed by atoms with van der Waals surface area (Å²) < 4.78 is 30.0. The van der Waals surface area contributed by atoms with E-state index < -0.39 is 28.2 Å². The van der Waals surface area contributed by atoms with Crippen molar-refractivity contribution < 1.29 is 22.8 Å². The predicted molar refractivity (Wildman–Crippen MR) is 58.9 cm³/mol. The number of hydrogen-bond donors (Lipinski definition) is 2. The van der Waals surface area contributed by atoms with Crippen LogP contribution in [0.2, 0.25) is 0 Å². The molecule has 0 aromatic carbocycles. The minimum atomic E-state index is -3.59. The van der Waals surface area contributed by atoms with Crippen molar-refractivity contribution in [1.82, 2.24) is 9.88 Å². The van der Waals surface area contributed by atoms with Crippen molar-refractivity contribution in [2.24, 2.45) is 0 Å². The molecular formula is C9H14N2O5S. The van der Waals surface area contributed by atoms with Gasteiger partial charge in [-0.1, -0.05) is 5.16 Å². The molecule has 0 atom stereocenters. The molecule has 0 aliphatic carbocycles. The number of nitrogens with zero attached hydrogens (tertiary/aromatic N) is 1. The highest BCUT2D eigenvalue weighted by atomic mass is 32.2. The Labute approximate surface area is 98.9 Å². The zero-order valence-corrected chi connectivity index (χ0v) is 10.4. The number of rotatable bonds is 6. The van der Waals surface area contributed by atoms with Gasteiger partial charge in [0.15, 0.2) is 0 Å². The maximum Gasteiger partial charge on any atom is 0.304 e. The lowest BCUT2D eigenvalue weighted by atomic mass is 10.2. The summed E-state index contributed by atoms with van der Waals surface area (Å²) >= 11 is 0. The van der Waals surface area contributed by atoms with Gasteiger partial charge in [0.1, 0.15) is 5.76 Å². The molecule has 7 nitrogen and oxygen atoms in total. The predicted octanol–water partition coefficient (Wildman–Crippen LogP) is 0.186. The van der Waals surface area contributed by atoms with E-state index in [1.165, 1.54) is 0 Å². The van der Waals surface area contributed by atoms with Crippen molar-refractivity contribution in [1.29, 1.82) is 0 Å². The molecule has 1 aromatic rings. The summed E-state index contributed by atoms with van der Waals surface area (Å²) in [6, 6.07) is 0. The summed E-state index contributed by atoms with van der Waals surface area (Å²) in [5, 5.41) is 12.1. The molecule has 0 aliphatic heterocycles. The quantitative estimate of drug-likeness (QED) is 0.757. The van der Waals surface area contributed by atoms with E-state index in [0.29, 0.717) is 17.0 Å². The Bertz CT molecular complexity index is 486. The second-order valence-electron chi connectivity index (χ2n) is 3.59. The Hall–Kier alpha value is -1.41. The molecule has 2 N–H and O–H groups in total. The molecule has 0 radical (unpaired) electrons. The molecule has 0 saturated carbocycles. The molecule has 96 valence electrons. The van der Waals surface area contributed by atoms with E-state index in [9.17, 15) is 13.2 Å². The van der Waals surface area contributed by atoms with Crippen LogP contribution in [0.25, 0.3) is 0 Å². The van der Waals surface area contributed by atoms with Crippen molar-refractivity contribution in [3.63, 3.8) is 0 Å². The summed E-state index contributed by atoms with van der Waals surface area (Å²) in [6.45, 7) is 3.45. The van der Waals surface area contributed by atoms with E-state index in [1.54, 1.807) is 13.8 Å². The third-order valence-electron chi connectivity index (χ3n) is 2.23. The van der Waals surface area contributed by atoms with Crippen LogP contribution in [-0.4, -0.2) is 30.4 Å². The molecule has 1 aromatic heterocycles. The first-order valence-electron chi connectivity index (χ1n) is 4.92. The average Bonchev–Trinajstić information content (AvgIpc) is 2.54. The highest BCUT2D eigenvalue weighted by molar-refractivity contribution is 7.89. The van der Waals surface area contributed by atoms with Gasteiger partial charge in [-0.25, -0.2) is 13.1 Å². The lowest BCUT2D eigenvalue weighted by Crippen LogP contribution is -2.27. The highest BCUT2D eigenvalue weighted by Gasteiger charge is 2.15. The summed E-state index contributed by atoms with van der Waals surface area (Å²) in [5.74, 6) is -1.04. The number of carboxylic acids is 1. The van der Waals surface area contributed by atoms with Crippen LogP contribution < -0.4 is 4.72 Å². The standard InChI is InChI=1S/C9H14N2O5S/c1-6-8(7(2)16-11-6)5-10-17(14,15)4-3-9(12)13/h10H,3-5H2,1-2H3,(H,12,13). The van der Waals surface area contributed by atoms with E-state index in [1.807, 2.05) is 0 Å². The van der Waals surface area contributed by atoms with Crippen LogP contribution in [-0.2, 0) is 21.4 Å². The van der Waals surface area contributed by atoms with Gasteiger partial charge in [-0.2, -0.15) is 0 Å². The molecule has 0 spiro atoms. The van der Waals surface area contributed by atoms with E-state index in [2.05, 4.69) is 9.88 Å². The Morgan fingerprint density at radius 2 is 2.12 bits per heavy atom. The smallest absolute Gasteiger partial charge is 0.304 e. The second-order valence-corrected chi connectivity index (χ2v) is 5.51. The lowest BCUT2D eigenvalue weighted by molar-refractivity contribution is -0.136. The van der Waals surface area contributed by atoms with E-state index in [-0.39, 0.29) is 6.54 Å². The largest absolute Gasteiger partial charge is 0.481 e. The summed E-state index contributed by atoms with van der Waals surface area (Å²) in [4.78, 5) is 10.3. The van der Waals surface area contributed by atoms with Gasteiger partial charge in [0.25, 0.3) is 0 Å². The summed E-state index contributed by atoms with van der Waals surface area (Å²) in [6.07, 6.45) is -0.420. The molecular weight excluding hydrogens is 248 g/mol. The third-order valence-corrected chi connectivity index (χ3v) is 3.56. The number of hydrogen-bond acceptors (Lipinski definition) is 5. The molecule has 17 heavy (non-hydrogen) atoms. The van der Waals surface area contributed by atoms with Crippen LogP contribution >= 0.6 is 0 Å². The van der Waals surface area contributed by atoms with Crippen molar-refractivity contribution in [3.05, 3.63) is 17.0 Å². The Morgan fingerprint density at radius 3 is 2.59 bits per heavy atom. The van der Waals surface area contributed by atoms with Crippen molar-refractivity contribution >= 4 is 16.0 Å². The zero-order valence-electron chi connectivity index (χ0n) is 9.56. The van der Waals surface area contributed by atoms with Crippen LogP contribution in [0.3, 0.4) is 0 Å². The fourth-order valence-corrected chi connectivity index (χ4v) is 2.18. The third kappa shape index (κ3) is 4.16. The zero-order chi connectivity index (χ0) is 13.1. The highest BCUT2D eigenvalue weighted by Crippen LogP contribution is 2.11. The number of carbonyl (C=O) groups is 1. The van der Waals surface area contributed by atoms with Crippen LogP contribution in [0.4, 0.5) is 0 Å². The molecule has 0 bridgehead atoms. The number of sulfonamides is 1. The van der Waals surface area contributed by atoms with Gasteiger partial charge in [-0.15, -0.1) is 0 Å². The molecule has 8 heteroatoms. The van der Waals surface area contributed by atoms with E-state index in [4.69, 9.17) is 9.63 Å². The maximum atomic E-state index is 11.4. The molecule has 0 fully saturated rings. The van der Waals surface area contributed by atoms with Gasteiger partial charge in [0, 0.05) is 12.1 Å². The van der Waals surface area contributed by atoms with Crippen LogP contribution in [0, 0.1) is 13.8 Å². The van der Waals surface area contributed by atoms with Crippen LogP contribution in [0.15, 0.2) is 4.52 Å². The molecule has 0 saturated heterocycles. The Balaban J connectivity index is 2.59. The molecule has 1 rings (SSSR count). The first-order chi connectivity index (χ1) is 7.82. The first kappa shape index (κ1) is 13.7. The average molecular weight is 262 g/mol. The molecule has 0 unspecified atom stereocenters. The monoisotopic (exact) mass is 262 g/mol. The van der Waals surface area contributed by atoms with Crippen LogP contribution in [0.5, 0.6) is 0 Å². The van der Waals surface area contributed by atoms with Crippen molar-refractivity contribution in [2.45, 2.75) is 26.8 Å².